The molecule has 10 nitrogen and oxygen atoms in total. The zero-order valence-electron chi connectivity index (χ0n) is 17.0. The summed E-state index contributed by atoms with van der Waals surface area (Å²) in [5.74, 6) is -0.520. The number of halogens is 1. The van der Waals surface area contributed by atoms with Crippen LogP contribution >= 0.6 is 0 Å². The number of aromatic nitrogens is 2. The molecule has 0 aliphatic carbocycles. The smallest absolute Gasteiger partial charge is 0.270 e. The third-order valence-electron chi connectivity index (χ3n) is 4.51. The Morgan fingerprint density at radius 3 is 2.33 bits per heavy atom. The van der Waals surface area contributed by atoms with E-state index in [1.807, 2.05) is 0 Å². The number of rotatable bonds is 7. The monoisotopic (exact) mass is 469 g/mol. The highest BCUT2D eigenvalue weighted by atomic mass is 32.2. The molecule has 4 aromatic rings. The molecule has 1 aromatic heterocycles. The number of ether oxygens (including phenoxy) is 1. The van der Waals surface area contributed by atoms with Gasteiger partial charge in [-0.25, -0.2) is 22.8 Å². The normalized spacial score (nSPS) is 11.2. The van der Waals surface area contributed by atoms with Crippen molar-refractivity contribution in [3.63, 3.8) is 0 Å². The Balaban J connectivity index is 1.79. The highest BCUT2D eigenvalue weighted by Gasteiger charge is 2.21. The lowest BCUT2D eigenvalue weighted by atomic mass is 10.2. The summed E-state index contributed by atoms with van der Waals surface area (Å²) in [6, 6.07) is 15.2. The van der Waals surface area contributed by atoms with Crippen LogP contribution in [0.2, 0.25) is 0 Å². The first-order chi connectivity index (χ1) is 15.7. The van der Waals surface area contributed by atoms with Crippen molar-refractivity contribution in [3.8, 4) is 5.75 Å². The van der Waals surface area contributed by atoms with E-state index < -0.39 is 20.8 Å². The third-order valence-corrected chi connectivity index (χ3v) is 5.85. The van der Waals surface area contributed by atoms with E-state index in [4.69, 9.17) is 4.74 Å². The van der Waals surface area contributed by atoms with E-state index in [1.54, 1.807) is 24.3 Å². The van der Waals surface area contributed by atoms with Gasteiger partial charge in [-0.15, -0.1) is 0 Å². The van der Waals surface area contributed by atoms with Crippen LogP contribution in [0, 0.1) is 15.9 Å². The van der Waals surface area contributed by atoms with Gasteiger partial charge in [0.15, 0.2) is 11.6 Å². The Labute approximate surface area is 187 Å². The molecule has 0 saturated carbocycles. The van der Waals surface area contributed by atoms with E-state index in [0.717, 1.165) is 6.07 Å². The van der Waals surface area contributed by atoms with E-state index in [-0.39, 0.29) is 33.7 Å². The largest absolute Gasteiger partial charge is 0.497 e. The molecule has 0 amide bonds. The van der Waals surface area contributed by atoms with Crippen molar-refractivity contribution >= 4 is 44.1 Å². The number of benzene rings is 3. The molecule has 0 saturated heterocycles. The van der Waals surface area contributed by atoms with E-state index in [1.165, 1.54) is 43.5 Å². The molecule has 4 rings (SSSR count). The first-order valence-electron chi connectivity index (χ1n) is 9.41. The van der Waals surface area contributed by atoms with Crippen LogP contribution in [0.15, 0.2) is 71.6 Å². The minimum atomic E-state index is -4.27. The van der Waals surface area contributed by atoms with Gasteiger partial charge in [0, 0.05) is 30.0 Å². The van der Waals surface area contributed by atoms with Gasteiger partial charge in [-0.2, -0.15) is 0 Å². The lowest BCUT2D eigenvalue weighted by Gasteiger charge is -2.14. The minimum Gasteiger partial charge on any atom is -0.497 e. The number of sulfonamides is 1. The summed E-state index contributed by atoms with van der Waals surface area (Å²) < 4.78 is 47.2. The van der Waals surface area contributed by atoms with Crippen LogP contribution in [-0.2, 0) is 10.0 Å². The number of non-ortho nitro benzene ring substituents is 1. The summed E-state index contributed by atoms with van der Waals surface area (Å²) >= 11 is 0. The lowest BCUT2D eigenvalue weighted by Crippen LogP contribution is -2.16. The Kier molecular flexibility index (Phi) is 5.75. The predicted octanol–water partition coefficient (Wildman–Crippen LogP) is 4.23. The molecule has 0 spiro atoms. The Hall–Kier alpha value is -4.32. The molecule has 0 unspecified atom stereocenters. The van der Waals surface area contributed by atoms with Crippen molar-refractivity contribution in [2.45, 2.75) is 4.90 Å². The topological polar surface area (TPSA) is 136 Å². The minimum absolute atomic E-state index is 0.00430. The number of nitrogens with zero attached hydrogens (tertiary/aromatic N) is 3. The van der Waals surface area contributed by atoms with Crippen LogP contribution in [0.5, 0.6) is 5.75 Å². The van der Waals surface area contributed by atoms with Gasteiger partial charge in [0.1, 0.15) is 11.6 Å². The van der Waals surface area contributed by atoms with Gasteiger partial charge in [-0.05, 0) is 24.3 Å². The van der Waals surface area contributed by atoms with Crippen molar-refractivity contribution in [2.24, 2.45) is 0 Å². The number of fused-ring (bicyclic) bond motifs is 1. The van der Waals surface area contributed by atoms with Gasteiger partial charge in [0.2, 0.25) is 0 Å². The second kappa shape index (κ2) is 8.67. The molecular formula is C21H16FN5O5S. The number of hydrogen-bond donors (Lipinski definition) is 2. The van der Waals surface area contributed by atoms with Crippen molar-refractivity contribution in [3.05, 3.63) is 82.7 Å². The van der Waals surface area contributed by atoms with E-state index in [2.05, 4.69) is 20.0 Å². The molecule has 12 heteroatoms. The molecule has 0 bridgehead atoms. The van der Waals surface area contributed by atoms with Gasteiger partial charge in [0.25, 0.3) is 15.7 Å². The Morgan fingerprint density at radius 1 is 0.970 bits per heavy atom. The molecule has 0 atom stereocenters. The fraction of sp³-hybridized carbons (Fsp3) is 0.0476. The van der Waals surface area contributed by atoms with Crippen LogP contribution in [-0.4, -0.2) is 30.4 Å². The molecule has 168 valence electrons. The van der Waals surface area contributed by atoms with Crippen molar-refractivity contribution in [1.82, 2.24) is 9.97 Å². The quantitative estimate of drug-likeness (QED) is 0.303. The number of nitrogens with one attached hydrogen (secondary N) is 2. The molecule has 3 aromatic carbocycles. The highest BCUT2D eigenvalue weighted by molar-refractivity contribution is 7.92. The number of anilines is 3. The van der Waals surface area contributed by atoms with Gasteiger partial charge in [-0.3, -0.25) is 14.8 Å². The van der Waals surface area contributed by atoms with Crippen LogP contribution in [0.3, 0.4) is 0 Å². The zero-order valence-corrected chi connectivity index (χ0v) is 17.8. The summed E-state index contributed by atoms with van der Waals surface area (Å²) in [7, 11) is -2.89. The van der Waals surface area contributed by atoms with E-state index >= 15 is 0 Å². The summed E-state index contributed by atoms with van der Waals surface area (Å²) in [4.78, 5) is 18.8. The maximum Gasteiger partial charge on any atom is 0.270 e. The molecule has 0 aliphatic heterocycles. The molecule has 33 heavy (non-hydrogen) atoms. The summed E-state index contributed by atoms with van der Waals surface area (Å²) in [5.41, 5.74) is 0.721. The summed E-state index contributed by atoms with van der Waals surface area (Å²) in [6.45, 7) is 0. The molecule has 0 fully saturated rings. The maximum absolute atomic E-state index is 13.9. The third kappa shape index (κ3) is 4.80. The molecule has 0 radical (unpaired) electrons. The number of nitro groups is 1. The molecule has 1 heterocycles. The average molecular weight is 469 g/mol. The number of para-hydroxylation sites is 2. The standard InChI is InChI=1S/C21H16FN5O5S/c1-32-16-10-13(22)9-14(11-16)23-20-21(25-19-8-3-2-7-18(19)24-20)26-33(30,31)17-6-4-5-15(12-17)27(28)29/h2-12H,1H3,(H,23,24)(H,25,26). The number of nitro benzene ring substituents is 1. The number of hydrogen-bond acceptors (Lipinski definition) is 8. The van der Waals surface area contributed by atoms with Crippen molar-refractivity contribution < 1.29 is 22.5 Å². The Bertz CT molecular complexity index is 1480. The molecule has 2 N–H and O–H groups in total. The SMILES string of the molecule is COc1cc(F)cc(Nc2nc3ccccc3nc2NS(=O)(=O)c2cccc([N+](=O)[O-])c2)c1. The molecular weight excluding hydrogens is 453 g/mol. The zero-order chi connectivity index (χ0) is 23.6. The van der Waals surface area contributed by atoms with Crippen molar-refractivity contribution in [2.75, 3.05) is 17.1 Å². The van der Waals surface area contributed by atoms with Crippen LogP contribution in [0.4, 0.5) is 27.4 Å². The molecule has 0 aliphatic rings. The second-order valence-corrected chi connectivity index (χ2v) is 8.46. The van der Waals surface area contributed by atoms with Crippen LogP contribution in [0.1, 0.15) is 0 Å². The van der Waals surface area contributed by atoms with Crippen LogP contribution < -0.4 is 14.8 Å². The van der Waals surface area contributed by atoms with Crippen molar-refractivity contribution in [1.29, 1.82) is 0 Å². The van der Waals surface area contributed by atoms with Gasteiger partial charge in [-0.1, -0.05) is 18.2 Å². The van der Waals surface area contributed by atoms with Gasteiger partial charge < -0.3 is 10.1 Å². The summed E-state index contributed by atoms with van der Waals surface area (Å²) in [5, 5.41) is 13.9. The highest BCUT2D eigenvalue weighted by Crippen LogP contribution is 2.29. The van der Waals surface area contributed by atoms with E-state index in [9.17, 15) is 22.9 Å². The first-order valence-corrected chi connectivity index (χ1v) is 10.9. The van der Waals surface area contributed by atoms with Gasteiger partial charge >= 0.3 is 0 Å². The lowest BCUT2D eigenvalue weighted by molar-refractivity contribution is -0.385. The van der Waals surface area contributed by atoms with E-state index in [0.29, 0.717) is 11.0 Å². The predicted molar refractivity (Wildman–Crippen MR) is 120 cm³/mol. The summed E-state index contributed by atoms with van der Waals surface area (Å²) in [6.07, 6.45) is 0. The van der Waals surface area contributed by atoms with Gasteiger partial charge in [0.05, 0.1) is 28.0 Å². The fourth-order valence-electron chi connectivity index (χ4n) is 3.00. The number of methoxy groups -OCH3 is 1. The fourth-order valence-corrected chi connectivity index (χ4v) is 4.05. The average Bonchev–Trinajstić information content (AvgIpc) is 2.79. The van der Waals surface area contributed by atoms with Crippen LogP contribution in [0.25, 0.3) is 11.0 Å². The Morgan fingerprint density at radius 2 is 1.67 bits per heavy atom. The first kappa shape index (κ1) is 21.9. The maximum atomic E-state index is 13.9. The second-order valence-electron chi connectivity index (χ2n) is 6.77.